The monoisotopic (exact) mass is 233 g/mol. The molecule has 2 heterocycles. The highest BCUT2D eigenvalue weighted by Crippen LogP contribution is 2.19. The maximum Gasteiger partial charge on any atom is 0.120 e. The molecule has 16 heavy (non-hydrogen) atoms. The Balaban J connectivity index is 1.95. The van der Waals surface area contributed by atoms with E-state index in [2.05, 4.69) is 29.4 Å². The topological polar surface area (TPSA) is 25.2 Å². The fourth-order valence-corrected chi connectivity index (χ4v) is 2.25. The summed E-state index contributed by atoms with van der Waals surface area (Å²) in [6.07, 6.45) is 4.49. The summed E-state index contributed by atoms with van der Waals surface area (Å²) in [4.78, 5) is 1.33. The Labute approximate surface area is 99.6 Å². The first-order chi connectivity index (χ1) is 7.90. The Bertz CT molecular complexity index is 405. The molecule has 0 saturated carbocycles. The van der Waals surface area contributed by atoms with E-state index in [0.29, 0.717) is 0 Å². The highest BCUT2D eigenvalue weighted by atomic mass is 32.1. The van der Waals surface area contributed by atoms with Gasteiger partial charge < -0.3 is 9.73 Å². The first-order valence-electron chi connectivity index (χ1n) is 5.30. The van der Waals surface area contributed by atoms with Gasteiger partial charge in [0, 0.05) is 11.4 Å². The van der Waals surface area contributed by atoms with Crippen LogP contribution in [0.2, 0.25) is 0 Å². The van der Waals surface area contributed by atoms with Crippen molar-refractivity contribution in [1.82, 2.24) is 5.32 Å². The van der Waals surface area contributed by atoms with Gasteiger partial charge in [-0.1, -0.05) is 12.1 Å². The van der Waals surface area contributed by atoms with Crippen molar-refractivity contribution in [3.8, 4) is 0 Å². The summed E-state index contributed by atoms with van der Waals surface area (Å²) >= 11 is 1.76. The van der Waals surface area contributed by atoms with Gasteiger partial charge in [0.15, 0.2) is 0 Å². The van der Waals surface area contributed by atoms with E-state index in [1.807, 2.05) is 18.2 Å². The first kappa shape index (κ1) is 11.2. The molecule has 0 saturated heterocycles. The van der Waals surface area contributed by atoms with Gasteiger partial charge in [-0.2, -0.15) is 0 Å². The van der Waals surface area contributed by atoms with Crippen molar-refractivity contribution in [2.45, 2.75) is 19.0 Å². The van der Waals surface area contributed by atoms with Crippen LogP contribution in [0.5, 0.6) is 0 Å². The predicted molar refractivity (Wildman–Crippen MR) is 67.4 cm³/mol. The molecule has 0 spiro atoms. The molecule has 3 heteroatoms. The van der Waals surface area contributed by atoms with Crippen molar-refractivity contribution in [3.63, 3.8) is 0 Å². The first-order valence-corrected chi connectivity index (χ1v) is 6.18. The Morgan fingerprint density at radius 3 is 3.00 bits per heavy atom. The minimum absolute atomic E-state index is 0.217. The Morgan fingerprint density at radius 2 is 2.38 bits per heavy atom. The fraction of sp³-hybridized carbons (Fsp3) is 0.231. The van der Waals surface area contributed by atoms with Crippen LogP contribution in [0.4, 0.5) is 0 Å². The lowest BCUT2D eigenvalue weighted by Crippen LogP contribution is -2.19. The standard InChI is InChI=1S/C13H15NOS/c1-2-5-12(13-7-3-8-15-13)14-10-11-6-4-9-16-11/h2-4,6-9,12,14H,1,5,10H2/t12-/m0/s1. The molecule has 0 fully saturated rings. The second-order valence-corrected chi connectivity index (χ2v) is 4.58. The molecule has 0 aliphatic rings. The van der Waals surface area contributed by atoms with Crippen LogP contribution in [0.15, 0.2) is 53.0 Å². The van der Waals surface area contributed by atoms with E-state index < -0.39 is 0 Å². The zero-order chi connectivity index (χ0) is 11.2. The summed E-state index contributed by atoms with van der Waals surface area (Å²) in [5.74, 6) is 0.969. The minimum Gasteiger partial charge on any atom is -0.468 e. The van der Waals surface area contributed by atoms with Gasteiger partial charge in [-0.05, 0) is 30.0 Å². The van der Waals surface area contributed by atoms with Gasteiger partial charge >= 0.3 is 0 Å². The summed E-state index contributed by atoms with van der Waals surface area (Å²) < 4.78 is 5.41. The molecule has 0 unspecified atom stereocenters. The Kier molecular flexibility index (Phi) is 3.97. The van der Waals surface area contributed by atoms with E-state index >= 15 is 0 Å². The van der Waals surface area contributed by atoms with Crippen LogP contribution in [-0.4, -0.2) is 0 Å². The SMILES string of the molecule is C=CC[C@H](NCc1cccs1)c1ccco1. The third-order valence-electron chi connectivity index (χ3n) is 2.39. The number of rotatable bonds is 6. The maximum atomic E-state index is 5.41. The highest BCUT2D eigenvalue weighted by Gasteiger charge is 2.11. The highest BCUT2D eigenvalue weighted by molar-refractivity contribution is 7.09. The number of hydrogen-bond acceptors (Lipinski definition) is 3. The molecule has 1 atom stereocenters. The van der Waals surface area contributed by atoms with Crippen LogP contribution in [0.3, 0.4) is 0 Å². The van der Waals surface area contributed by atoms with Crippen LogP contribution in [0, 0.1) is 0 Å². The van der Waals surface area contributed by atoms with Crippen molar-refractivity contribution in [1.29, 1.82) is 0 Å². The van der Waals surface area contributed by atoms with Crippen LogP contribution in [0.25, 0.3) is 0 Å². The molecule has 84 valence electrons. The third-order valence-corrected chi connectivity index (χ3v) is 3.27. The summed E-state index contributed by atoms with van der Waals surface area (Å²) in [5.41, 5.74) is 0. The van der Waals surface area contributed by atoms with Crippen LogP contribution >= 0.6 is 11.3 Å². The van der Waals surface area contributed by atoms with Gasteiger partial charge in [-0.3, -0.25) is 0 Å². The Morgan fingerprint density at radius 1 is 1.44 bits per heavy atom. The van der Waals surface area contributed by atoms with E-state index in [1.54, 1.807) is 17.6 Å². The molecule has 0 amide bonds. The lowest BCUT2D eigenvalue weighted by molar-refractivity contribution is 0.414. The van der Waals surface area contributed by atoms with Crippen LogP contribution in [-0.2, 0) is 6.54 Å². The molecule has 0 bridgehead atoms. The van der Waals surface area contributed by atoms with E-state index in [4.69, 9.17) is 4.42 Å². The number of thiophene rings is 1. The summed E-state index contributed by atoms with van der Waals surface area (Å²) in [5, 5.41) is 5.56. The Hall–Kier alpha value is -1.32. The van der Waals surface area contributed by atoms with Crippen molar-refractivity contribution >= 4 is 11.3 Å². The van der Waals surface area contributed by atoms with E-state index in [-0.39, 0.29) is 6.04 Å². The normalized spacial score (nSPS) is 12.5. The van der Waals surface area contributed by atoms with Gasteiger partial charge in [-0.25, -0.2) is 0 Å². The number of furan rings is 1. The third kappa shape index (κ3) is 2.84. The van der Waals surface area contributed by atoms with Crippen molar-refractivity contribution in [2.75, 3.05) is 0 Å². The summed E-state index contributed by atoms with van der Waals surface area (Å²) in [6.45, 7) is 4.65. The van der Waals surface area contributed by atoms with Crippen LogP contribution < -0.4 is 5.32 Å². The molecule has 0 radical (unpaired) electrons. The minimum atomic E-state index is 0.217. The number of hydrogen-bond donors (Lipinski definition) is 1. The average molecular weight is 233 g/mol. The van der Waals surface area contributed by atoms with E-state index in [0.717, 1.165) is 18.7 Å². The molecule has 2 rings (SSSR count). The molecule has 0 aromatic carbocycles. The second-order valence-electron chi connectivity index (χ2n) is 3.55. The predicted octanol–water partition coefficient (Wildman–Crippen LogP) is 3.75. The van der Waals surface area contributed by atoms with Gasteiger partial charge in [0.1, 0.15) is 5.76 Å². The number of nitrogens with one attached hydrogen (secondary N) is 1. The zero-order valence-corrected chi connectivity index (χ0v) is 9.87. The molecule has 2 aromatic rings. The van der Waals surface area contributed by atoms with Gasteiger partial charge in [0.05, 0.1) is 12.3 Å². The molecule has 2 nitrogen and oxygen atoms in total. The summed E-state index contributed by atoms with van der Waals surface area (Å²) in [6, 6.07) is 8.32. The van der Waals surface area contributed by atoms with Gasteiger partial charge in [0.25, 0.3) is 0 Å². The fourth-order valence-electron chi connectivity index (χ4n) is 1.59. The molecule has 0 aliphatic carbocycles. The zero-order valence-electron chi connectivity index (χ0n) is 9.06. The smallest absolute Gasteiger partial charge is 0.120 e. The van der Waals surface area contributed by atoms with Crippen molar-refractivity contribution in [3.05, 3.63) is 59.2 Å². The van der Waals surface area contributed by atoms with Crippen molar-refractivity contribution < 1.29 is 4.42 Å². The largest absolute Gasteiger partial charge is 0.468 e. The average Bonchev–Trinajstić information content (AvgIpc) is 2.96. The molecule has 0 aliphatic heterocycles. The van der Waals surface area contributed by atoms with Crippen LogP contribution in [0.1, 0.15) is 23.1 Å². The second kappa shape index (κ2) is 5.68. The van der Waals surface area contributed by atoms with Gasteiger partial charge in [-0.15, -0.1) is 17.9 Å². The molecule has 1 N–H and O–H groups in total. The van der Waals surface area contributed by atoms with E-state index in [1.165, 1.54) is 4.88 Å². The quantitative estimate of drug-likeness (QED) is 0.769. The molecular weight excluding hydrogens is 218 g/mol. The molecule has 2 aromatic heterocycles. The van der Waals surface area contributed by atoms with Gasteiger partial charge in [0.2, 0.25) is 0 Å². The van der Waals surface area contributed by atoms with Crippen molar-refractivity contribution in [2.24, 2.45) is 0 Å². The summed E-state index contributed by atoms with van der Waals surface area (Å²) in [7, 11) is 0. The molecular formula is C13H15NOS. The maximum absolute atomic E-state index is 5.41. The van der Waals surface area contributed by atoms with E-state index in [9.17, 15) is 0 Å². The lowest BCUT2D eigenvalue weighted by Gasteiger charge is -2.13. The lowest BCUT2D eigenvalue weighted by atomic mass is 10.1.